The van der Waals surface area contributed by atoms with Crippen LogP contribution in [0.5, 0.6) is 11.5 Å². The predicted octanol–water partition coefficient (Wildman–Crippen LogP) is 1.01. The Morgan fingerprint density at radius 2 is 2.04 bits per heavy atom. The number of ether oxygens (including phenoxy) is 2. The highest BCUT2D eigenvalue weighted by molar-refractivity contribution is 5.92. The minimum absolute atomic E-state index is 0.199. The van der Waals surface area contributed by atoms with E-state index in [1.807, 2.05) is 13.8 Å². The average molecular weight is 346 g/mol. The molecule has 8 nitrogen and oxygen atoms in total. The van der Waals surface area contributed by atoms with Gasteiger partial charge in [-0.05, 0) is 37.6 Å². The van der Waals surface area contributed by atoms with Crippen molar-refractivity contribution in [1.82, 2.24) is 15.1 Å². The summed E-state index contributed by atoms with van der Waals surface area (Å²) in [6.45, 7) is 4.49. The molecule has 8 heteroatoms. The van der Waals surface area contributed by atoms with Gasteiger partial charge in [0.25, 0.3) is 11.8 Å². The molecule has 3 N–H and O–H groups in total. The highest BCUT2D eigenvalue weighted by atomic mass is 16.5. The Balaban J connectivity index is 2.05. The Morgan fingerprint density at radius 1 is 1.28 bits per heavy atom. The highest BCUT2D eigenvalue weighted by Gasteiger charge is 2.13. The van der Waals surface area contributed by atoms with Gasteiger partial charge in [0.2, 0.25) is 0 Å². The van der Waals surface area contributed by atoms with E-state index in [9.17, 15) is 9.59 Å². The van der Waals surface area contributed by atoms with E-state index in [1.54, 1.807) is 28.9 Å². The second kappa shape index (κ2) is 8.18. The van der Waals surface area contributed by atoms with Gasteiger partial charge in [-0.15, -0.1) is 0 Å². The van der Waals surface area contributed by atoms with Gasteiger partial charge < -0.3 is 20.5 Å². The Labute approximate surface area is 145 Å². The summed E-state index contributed by atoms with van der Waals surface area (Å²) >= 11 is 0. The third kappa shape index (κ3) is 4.72. The summed E-state index contributed by atoms with van der Waals surface area (Å²) in [7, 11) is 1.50. The molecule has 1 heterocycles. The number of aromatic nitrogens is 2. The van der Waals surface area contributed by atoms with Crippen molar-refractivity contribution in [3.05, 3.63) is 41.2 Å². The maximum Gasteiger partial charge on any atom is 0.269 e. The third-order valence-electron chi connectivity index (χ3n) is 3.49. The average Bonchev–Trinajstić information content (AvgIpc) is 2.99. The van der Waals surface area contributed by atoms with Crippen LogP contribution in [0.2, 0.25) is 0 Å². The first kappa shape index (κ1) is 18.3. The first-order valence-corrected chi connectivity index (χ1v) is 7.85. The molecule has 0 saturated heterocycles. The number of nitrogens with zero attached hydrogens (tertiary/aromatic N) is 2. The van der Waals surface area contributed by atoms with E-state index >= 15 is 0 Å². The molecule has 1 aromatic heterocycles. The fraction of sp³-hybridized carbons (Fsp3) is 0.353. The lowest BCUT2D eigenvalue weighted by Gasteiger charge is -2.12. The molecule has 0 spiro atoms. The zero-order chi connectivity index (χ0) is 18.4. The van der Waals surface area contributed by atoms with Crippen molar-refractivity contribution in [1.29, 1.82) is 0 Å². The number of hydrogen-bond donors (Lipinski definition) is 2. The van der Waals surface area contributed by atoms with Gasteiger partial charge in [-0.25, -0.2) is 0 Å². The van der Waals surface area contributed by atoms with E-state index in [0.717, 1.165) is 11.3 Å². The lowest BCUT2D eigenvalue weighted by atomic mass is 10.2. The van der Waals surface area contributed by atoms with E-state index in [-0.39, 0.29) is 12.5 Å². The number of amides is 2. The van der Waals surface area contributed by atoms with Crippen molar-refractivity contribution in [3.8, 4) is 11.5 Å². The molecular formula is C17H22N4O4. The smallest absolute Gasteiger partial charge is 0.269 e. The molecule has 2 aromatic rings. The summed E-state index contributed by atoms with van der Waals surface area (Å²) in [5.41, 5.74) is 7.21. The summed E-state index contributed by atoms with van der Waals surface area (Å²) in [6.07, 6.45) is 0. The lowest BCUT2D eigenvalue weighted by Crippen LogP contribution is -2.25. The van der Waals surface area contributed by atoms with Gasteiger partial charge in [-0.1, -0.05) is 6.07 Å². The molecule has 0 bridgehead atoms. The molecule has 0 saturated carbocycles. The zero-order valence-electron chi connectivity index (χ0n) is 14.5. The number of primary amides is 1. The largest absolute Gasteiger partial charge is 0.493 e. The molecule has 0 fully saturated rings. The molecule has 1 aromatic carbocycles. The van der Waals surface area contributed by atoms with Gasteiger partial charge in [-0.3, -0.25) is 14.3 Å². The quantitative estimate of drug-likeness (QED) is 0.742. The first-order valence-electron chi connectivity index (χ1n) is 7.85. The van der Waals surface area contributed by atoms with E-state index in [1.165, 1.54) is 7.11 Å². The Morgan fingerprint density at radius 3 is 2.68 bits per heavy atom. The number of nitrogens with one attached hydrogen (secondary N) is 1. The van der Waals surface area contributed by atoms with Crippen LogP contribution in [0.3, 0.4) is 0 Å². The van der Waals surface area contributed by atoms with Crippen LogP contribution in [0.4, 0.5) is 0 Å². The normalized spacial score (nSPS) is 10.4. The zero-order valence-corrected chi connectivity index (χ0v) is 14.5. The van der Waals surface area contributed by atoms with E-state index in [2.05, 4.69) is 10.4 Å². The van der Waals surface area contributed by atoms with Gasteiger partial charge in [0.15, 0.2) is 18.1 Å². The number of methoxy groups -OCH3 is 1. The van der Waals surface area contributed by atoms with Crippen molar-refractivity contribution >= 4 is 11.8 Å². The highest BCUT2D eigenvalue weighted by Crippen LogP contribution is 2.28. The molecule has 0 unspecified atom stereocenters. The minimum Gasteiger partial charge on any atom is -0.493 e. The van der Waals surface area contributed by atoms with Crippen molar-refractivity contribution in [2.24, 2.45) is 5.73 Å². The Hall–Kier alpha value is -3.03. The molecule has 2 rings (SSSR count). The van der Waals surface area contributed by atoms with Crippen LogP contribution in [0, 0.1) is 6.92 Å². The molecule has 2 amide bonds. The van der Waals surface area contributed by atoms with Crippen LogP contribution in [-0.2, 0) is 17.9 Å². The fourth-order valence-corrected chi connectivity index (χ4v) is 2.33. The molecule has 0 atom stereocenters. The number of benzene rings is 1. The molecule has 0 aliphatic rings. The van der Waals surface area contributed by atoms with Crippen molar-refractivity contribution in [2.45, 2.75) is 26.9 Å². The van der Waals surface area contributed by atoms with Crippen molar-refractivity contribution < 1.29 is 19.1 Å². The van der Waals surface area contributed by atoms with Crippen LogP contribution in [0.1, 0.15) is 28.7 Å². The lowest BCUT2D eigenvalue weighted by molar-refractivity contribution is -0.119. The van der Waals surface area contributed by atoms with Gasteiger partial charge in [0, 0.05) is 13.1 Å². The number of hydrogen-bond acceptors (Lipinski definition) is 5. The van der Waals surface area contributed by atoms with Gasteiger partial charge in [-0.2, -0.15) is 5.10 Å². The number of rotatable bonds is 8. The summed E-state index contributed by atoms with van der Waals surface area (Å²) < 4.78 is 12.2. The van der Waals surface area contributed by atoms with Gasteiger partial charge >= 0.3 is 0 Å². The summed E-state index contributed by atoms with van der Waals surface area (Å²) in [5.74, 6) is 0.107. The summed E-state index contributed by atoms with van der Waals surface area (Å²) in [5, 5.41) is 7.11. The summed E-state index contributed by atoms with van der Waals surface area (Å²) in [6, 6.07) is 6.93. The third-order valence-corrected chi connectivity index (χ3v) is 3.49. The molecule has 0 aliphatic heterocycles. The topological polar surface area (TPSA) is 108 Å². The number of carbonyl (C=O) groups is 2. The number of carbonyl (C=O) groups excluding carboxylic acids is 2. The van der Waals surface area contributed by atoms with Crippen LogP contribution < -0.4 is 20.5 Å². The van der Waals surface area contributed by atoms with Crippen LogP contribution in [0.15, 0.2) is 24.3 Å². The van der Waals surface area contributed by atoms with E-state index in [0.29, 0.717) is 30.3 Å². The first-order chi connectivity index (χ1) is 11.9. The number of aryl methyl sites for hydroxylation is 2. The van der Waals surface area contributed by atoms with Crippen LogP contribution >= 0.6 is 0 Å². The van der Waals surface area contributed by atoms with E-state index < -0.39 is 5.91 Å². The molecule has 25 heavy (non-hydrogen) atoms. The molecular weight excluding hydrogens is 324 g/mol. The van der Waals surface area contributed by atoms with Crippen molar-refractivity contribution in [2.75, 3.05) is 13.7 Å². The maximum atomic E-state index is 12.3. The number of nitrogens with two attached hydrogens (primary N) is 1. The SMILES string of the molecule is CCn1nc(C)cc1C(=O)NCc1ccc(OCC(N)=O)c(OC)c1. The maximum absolute atomic E-state index is 12.3. The van der Waals surface area contributed by atoms with E-state index in [4.69, 9.17) is 15.2 Å². The van der Waals surface area contributed by atoms with Gasteiger partial charge in [0.1, 0.15) is 5.69 Å². The Kier molecular flexibility index (Phi) is 5.99. The standard InChI is InChI=1S/C17H22N4O4/c1-4-21-13(7-11(2)20-21)17(23)19-9-12-5-6-14(15(8-12)24-3)25-10-16(18)22/h5-8H,4,9-10H2,1-3H3,(H2,18,22)(H,19,23). The summed E-state index contributed by atoms with van der Waals surface area (Å²) in [4.78, 5) is 23.1. The predicted molar refractivity (Wildman–Crippen MR) is 91.5 cm³/mol. The second-order valence-electron chi connectivity index (χ2n) is 5.41. The molecule has 134 valence electrons. The van der Waals surface area contributed by atoms with Crippen molar-refractivity contribution in [3.63, 3.8) is 0 Å². The second-order valence-corrected chi connectivity index (χ2v) is 5.41. The Bertz CT molecular complexity index is 770. The monoisotopic (exact) mass is 346 g/mol. The van der Waals surface area contributed by atoms with Crippen LogP contribution in [0.25, 0.3) is 0 Å². The fourth-order valence-electron chi connectivity index (χ4n) is 2.33. The van der Waals surface area contributed by atoms with Crippen LogP contribution in [-0.4, -0.2) is 35.3 Å². The van der Waals surface area contributed by atoms with Gasteiger partial charge in [0.05, 0.1) is 12.8 Å². The molecule has 0 radical (unpaired) electrons. The minimum atomic E-state index is -0.568. The molecule has 0 aliphatic carbocycles.